The maximum Gasteiger partial charge on any atom is 0.422 e. The van der Waals surface area contributed by atoms with Crippen molar-refractivity contribution in [1.29, 1.82) is 0 Å². The third-order valence-electron chi connectivity index (χ3n) is 3.79. The lowest BCUT2D eigenvalue weighted by Gasteiger charge is -2.12. The Labute approximate surface area is 190 Å². The van der Waals surface area contributed by atoms with Crippen molar-refractivity contribution in [1.82, 2.24) is 15.6 Å². The first-order valence-electron chi connectivity index (χ1n) is 9.00. The number of thiazole rings is 1. The van der Waals surface area contributed by atoms with Gasteiger partial charge in [0, 0.05) is 31.2 Å². The number of nitrogens with zero attached hydrogens (tertiary/aromatic N) is 2. The molecule has 2 N–H and O–H groups in total. The molecule has 162 valence electrons. The van der Waals surface area contributed by atoms with E-state index in [1.807, 2.05) is 6.92 Å². The summed E-state index contributed by atoms with van der Waals surface area (Å²) in [4.78, 5) is 8.62. The lowest BCUT2D eigenvalue weighted by Crippen LogP contribution is -2.37. The monoisotopic (exact) mass is 542 g/mol. The number of rotatable bonds is 9. The van der Waals surface area contributed by atoms with Crippen LogP contribution < -0.4 is 15.4 Å². The van der Waals surface area contributed by atoms with Crippen molar-refractivity contribution >= 4 is 41.3 Å². The predicted octanol–water partition coefficient (Wildman–Crippen LogP) is 4.70. The zero-order valence-electron chi connectivity index (χ0n) is 16.4. The van der Waals surface area contributed by atoms with Crippen LogP contribution in [-0.2, 0) is 13.0 Å². The van der Waals surface area contributed by atoms with E-state index in [4.69, 9.17) is 4.74 Å². The Morgan fingerprint density at radius 1 is 1.17 bits per heavy atom. The van der Waals surface area contributed by atoms with E-state index in [0.717, 1.165) is 37.1 Å². The van der Waals surface area contributed by atoms with Gasteiger partial charge in [0.1, 0.15) is 5.75 Å². The highest BCUT2D eigenvalue weighted by Crippen LogP contribution is 2.18. The number of nitrogens with one attached hydrogen (secondary N) is 2. The Balaban J connectivity index is 0.00000420. The lowest BCUT2D eigenvalue weighted by molar-refractivity contribution is -0.153. The second-order valence-electron chi connectivity index (χ2n) is 6.24. The molecule has 0 radical (unpaired) electrons. The van der Waals surface area contributed by atoms with Gasteiger partial charge >= 0.3 is 6.18 Å². The first kappa shape index (κ1) is 25.5. The zero-order valence-corrected chi connectivity index (χ0v) is 19.5. The summed E-state index contributed by atoms with van der Waals surface area (Å²) in [5.41, 5.74) is 1.99. The quantitative estimate of drug-likeness (QED) is 0.209. The Hall–Kier alpha value is -1.56. The molecular formula is C19H26F3IN4OS. The molecule has 0 aliphatic heterocycles. The van der Waals surface area contributed by atoms with Gasteiger partial charge in [0.05, 0.1) is 5.01 Å². The van der Waals surface area contributed by atoms with Gasteiger partial charge in [-0.25, -0.2) is 4.98 Å². The van der Waals surface area contributed by atoms with Crippen LogP contribution >= 0.6 is 35.3 Å². The fourth-order valence-corrected chi connectivity index (χ4v) is 3.22. The van der Waals surface area contributed by atoms with Gasteiger partial charge in [-0.2, -0.15) is 13.2 Å². The Kier molecular flexibility index (Phi) is 11.3. The number of unbranched alkanes of at least 4 members (excludes halogenated alkanes) is 1. The molecule has 0 saturated carbocycles. The summed E-state index contributed by atoms with van der Waals surface area (Å²) in [5.74, 6) is 0.876. The second-order valence-corrected chi connectivity index (χ2v) is 7.18. The molecule has 0 saturated heterocycles. The number of halogens is 4. The van der Waals surface area contributed by atoms with Crippen LogP contribution in [0.2, 0.25) is 0 Å². The first-order chi connectivity index (χ1) is 13.4. The highest BCUT2D eigenvalue weighted by molar-refractivity contribution is 14.0. The van der Waals surface area contributed by atoms with Crippen LogP contribution in [-0.4, -0.2) is 37.3 Å². The van der Waals surface area contributed by atoms with E-state index in [0.29, 0.717) is 12.5 Å². The third-order valence-corrected chi connectivity index (χ3v) is 4.81. The molecule has 1 aromatic heterocycles. The number of guanidine groups is 1. The van der Waals surface area contributed by atoms with Crippen LogP contribution in [0.1, 0.15) is 29.1 Å². The van der Waals surface area contributed by atoms with Crippen LogP contribution in [0.3, 0.4) is 0 Å². The molecule has 29 heavy (non-hydrogen) atoms. The molecule has 0 spiro atoms. The average Bonchev–Trinajstić information content (AvgIpc) is 3.07. The van der Waals surface area contributed by atoms with Crippen molar-refractivity contribution in [3.05, 3.63) is 45.9 Å². The smallest absolute Gasteiger partial charge is 0.422 e. The molecule has 0 bridgehead atoms. The van der Waals surface area contributed by atoms with Crippen LogP contribution in [0.25, 0.3) is 0 Å². The van der Waals surface area contributed by atoms with Crippen molar-refractivity contribution < 1.29 is 17.9 Å². The summed E-state index contributed by atoms with van der Waals surface area (Å²) in [5, 5.41) is 9.67. The summed E-state index contributed by atoms with van der Waals surface area (Å²) < 4.78 is 41.1. The van der Waals surface area contributed by atoms with E-state index in [9.17, 15) is 13.2 Å². The molecule has 1 heterocycles. The summed E-state index contributed by atoms with van der Waals surface area (Å²) >= 11 is 1.70. The van der Waals surface area contributed by atoms with E-state index >= 15 is 0 Å². The molecular weight excluding hydrogens is 516 g/mol. The number of alkyl halides is 3. The van der Waals surface area contributed by atoms with Gasteiger partial charge in [-0.15, -0.1) is 35.3 Å². The number of aliphatic imine (C=N–C) groups is 1. The second kappa shape index (κ2) is 12.9. The van der Waals surface area contributed by atoms with Crippen molar-refractivity contribution in [2.45, 2.75) is 38.9 Å². The van der Waals surface area contributed by atoms with Gasteiger partial charge in [0.2, 0.25) is 0 Å². The number of aryl methyl sites for hydroxylation is 2. The molecule has 0 fully saturated rings. The topological polar surface area (TPSA) is 58.5 Å². The summed E-state index contributed by atoms with van der Waals surface area (Å²) in [6, 6.07) is 6.50. The van der Waals surface area contributed by atoms with Crippen molar-refractivity contribution in [3.8, 4) is 5.75 Å². The maximum absolute atomic E-state index is 12.1. The van der Waals surface area contributed by atoms with E-state index in [1.165, 1.54) is 17.1 Å². The number of ether oxygens (including phenoxy) is 1. The van der Waals surface area contributed by atoms with E-state index in [-0.39, 0.29) is 29.7 Å². The van der Waals surface area contributed by atoms with E-state index in [1.54, 1.807) is 30.5 Å². The molecule has 0 amide bonds. The number of aromatic nitrogens is 1. The minimum atomic E-state index is -4.34. The lowest BCUT2D eigenvalue weighted by atomic mass is 10.2. The molecule has 0 aliphatic carbocycles. The first-order valence-corrected chi connectivity index (χ1v) is 9.88. The molecule has 10 heteroatoms. The summed E-state index contributed by atoms with van der Waals surface area (Å²) in [6.45, 7) is 2.02. The van der Waals surface area contributed by atoms with Gasteiger partial charge in [-0.05, 0) is 43.9 Å². The number of hydrogen-bond acceptors (Lipinski definition) is 4. The minimum Gasteiger partial charge on any atom is -0.484 e. The molecule has 2 aromatic rings. The average molecular weight is 542 g/mol. The molecule has 0 atom stereocenters. The van der Waals surface area contributed by atoms with Gasteiger partial charge in [-0.3, -0.25) is 4.99 Å². The predicted molar refractivity (Wildman–Crippen MR) is 121 cm³/mol. The van der Waals surface area contributed by atoms with Crippen LogP contribution in [0.5, 0.6) is 5.75 Å². The van der Waals surface area contributed by atoms with Crippen molar-refractivity contribution in [2.75, 3.05) is 20.2 Å². The van der Waals surface area contributed by atoms with E-state index in [2.05, 4.69) is 26.0 Å². The Morgan fingerprint density at radius 3 is 2.48 bits per heavy atom. The van der Waals surface area contributed by atoms with Gasteiger partial charge in [0.15, 0.2) is 12.6 Å². The molecule has 1 aromatic carbocycles. The standard InChI is InChI=1S/C19H25F3N4OS.HI/c1-14-12-28-17(26-14)5-3-4-10-24-18(23-2)25-11-15-6-8-16(9-7-15)27-13-19(20,21)22;/h6-9,12H,3-5,10-11,13H2,1-2H3,(H2,23,24,25);1H. The highest BCUT2D eigenvalue weighted by atomic mass is 127. The SMILES string of the molecule is CN=C(NCCCCc1nc(C)cs1)NCc1ccc(OCC(F)(F)F)cc1.I. The zero-order chi connectivity index (χ0) is 20.4. The number of hydrogen-bond donors (Lipinski definition) is 2. The largest absolute Gasteiger partial charge is 0.484 e. The fourth-order valence-electron chi connectivity index (χ4n) is 2.40. The molecule has 0 unspecified atom stereocenters. The third kappa shape index (κ3) is 10.7. The van der Waals surface area contributed by atoms with Crippen molar-refractivity contribution in [3.63, 3.8) is 0 Å². The van der Waals surface area contributed by atoms with Gasteiger partial charge < -0.3 is 15.4 Å². The van der Waals surface area contributed by atoms with Crippen molar-refractivity contribution in [2.24, 2.45) is 4.99 Å². The van der Waals surface area contributed by atoms with Crippen LogP contribution in [0, 0.1) is 6.92 Å². The molecule has 2 rings (SSSR count). The van der Waals surface area contributed by atoms with Crippen LogP contribution in [0.4, 0.5) is 13.2 Å². The normalized spacial score (nSPS) is 11.7. The fraction of sp³-hybridized carbons (Fsp3) is 0.474. The summed E-state index contributed by atoms with van der Waals surface area (Å²) in [7, 11) is 1.70. The minimum absolute atomic E-state index is 0. The summed E-state index contributed by atoms with van der Waals surface area (Å²) in [6.07, 6.45) is -1.30. The molecule has 0 aliphatic rings. The van der Waals surface area contributed by atoms with Gasteiger partial charge in [-0.1, -0.05) is 12.1 Å². The van der Waals surface area contributed by atoms with Crippen LogP contribution in [0.15, 0.2) is 34.6 Å². The number of benzene rings is 1. The Morgan fingerprint density at radius 2 is 1.90 bits per heavy atom. The molecule has 5 nitrogen and oxygen atoms in total. The van der Waals surface area contributed by atoms with Gasteiger partial charge in [0.25, 0.3) is 0 Å². The van der Waals surface area contributed by atoms with E-state index < -0.39 is 12.8 Å². The Bertz CT molecular complexity index is 751. The highest BCUT2D eigenvalue weighted by Gasteiger charge is 2.28. The maximum atomic E-state index is 12.1.